The molecule has 0 rings (SSSR count). The van der Waals surface area contributed by atoms with E-state index in [-0.39, 0.29) is 0 Å². The molecule has 1 heteroatoms. The van der Waals surface area contributed by atoms with Crippen molar-refractivity contribution in [3.8, 4) is 0 Å². The van der Waals surface area contributed by atoms with Gasteiger partial charge in [0.25, 0.3) is 0 Å². The second-order valence-corrected chi connectivity index (χ2v) is 6.19. The molecule has 0 saturated heterocycles. The fourth-order valence-electron chi connectivity index (χ4n) is 1.94. The third-order valence-corrected chi connectivity index (χ3v) is 4.35. The molecule has 0 aliphatic carbocycles. The van der Waals surface area contributed by atoms with Gasteiger partial charge in [-0.05, 0) is 25.2 Å². The minimum absolute atomic E-state index is 1.37. The molecule has 97 valence electrons. The first-order valence-corrected chi connectivity index (χ1v) is 8.81. The average molecular weight is 243 g/mol. The van der Waals surface area contributed by atoms with E-state index in [4.69, 9.17) is 0 Å². The van der Waals surface area contributed by atoms with E-state index in [1.807, 2.05) is 0 Å². The highest BCUT2D eigenvalue weighted by atomic mass is 31.1. The van der Waals surface area contributed by atoms with Crippen molar-refractivity contribution in [1.82, 2.24) is 0 Å². The Morgan fingerprint density at radius 3 is 1.38 bits per heavy atom. The summed E-state index contributed by atoms with van der Waals surface area (Å²) in [6.45, 7) is 4.58. The minimum Gasteiger partial charge on any atom is -0.0810 e. The summed E-state index contributed by atoms with van der Waals surface area (Å²) in [6, 6.07) is 0. The lowest BCUT2D eigenvalue weighted by molar-refractivity contribution is 0.603. The molecule has 0 heterocycles. The average Bonchev–Trinajstić information content (AvgIpc) is 2.31. The summed E-state index contributed by atoms with van der Waals surface area (Å²) in [5.74, 6) is 0. The molecule has 0 unspecified atom stereocenters. The molecule has 0 atom stereocenters. The number of hydrogen-bond donors (Lipinski definition) is 0. The SMILES string of the molecule is CCCCCCCCC[P]CCCCCC. The quantitative estimate of drug-likeness (QED) is 0.264. The van der Waals surface area contributed by atoms with Gasteiger partial charge in [0.2, 0.25) is 0 Å². The monoisotopic (exact) mass is 243 g/mol. The predicted octanol–water partition coefficient (Wildman–Crippen LogP) is 6.26. The normalized spacial score (nSPS) is 11.6. The molecule has 0 amide bonds. The van der Waals surface area contributed by atoms with Crippen molar-refractivity contribution in [1.29, 1.82) is 0 Å². The molecule has 1 radical (unpaired) electrons. The van der Waals surface area contributed by atoms with Crippen LogP contribution in [0.1, 0.15) is 84.5 Å². The van der Waals surface area contributed by atoms with Crippen LogP contribution in [0.3, 0.4) is 0 Å². The van der Waals surface area contributed by atoms with Crippen molar-refractivity contribution in [3.63, 3.8) is 0 Å². The standard InChI is InChI=1S/C15H32P/c1-3-5-7-9-10-11-13-15-16-14-12-8-6-4-2/h3-15H2,1-2H3. The Bertz CT molecular complexity index is 98.0. The highest BCUT2D eigenvalue weighted by Crippen LogP contribution is 2.17. The van der Waals surface area contributed by atoms with Gasteiger partial charge in [0.1, 0.15) is 0 Å². The third kappa shape index (κ3) is 14.4. The Hall–Kier alpha value is 0.430. The summed E-state index contributed by atoms with van der Waals surface area (Å²) in [7, 11) is 1.71. The van der Waals surface area contributed by atoms with Gasteiger partial charge in [-0.25, -0.2) is 0 Å². The van der Waals surface area contributed by atoms with Crippen molar-refractivity contribution in [2.24, 2.45) is 0 Å². The fraction of sp³-hybridized carbons (Fsp3) is 1.00. The first kappa shape index (κ1) is 16.4. The topological polar surface area (TPSA) is 0 Å². The zero-order valence-electron chi connectivity index (χ0n) is 11.6. The van der Waals surface area contributed by atoms with Crippen LogP contribution in [-0.4, -0.2) is 12.3 Å². The summed E-state index contributed by atoms with van der Waals surface area (Å²) in [5, 5.41) is 0. The molecule has 0 spiro atoms. The van der Waals surface area contributed by atoms with Crippen molar-refractivity contribution >= 4 is 8.58 Å². The maximum atomic E-state index is 2.29. The molecule has 0 nitrogen and oxygen atoms in total. The van der Waals surface area contributed by atoms with E-state index < -0.39 is 0 Å². The van der Waals surface area contributed by atoms with Gasteiger partial charge in [-0.2, -0.15) is 0 Å². The minimum atomic E-state index is 1.37. The van der Waals surface area contributed by atoms with E-state index in [1.165, 1.54) is 83.0 Å². The number of hydrogen-bond acceptors (Lipinski definition) is 0. The summed E-state index contributed by atoms with van der Waals surface area (Å²) in [5.41, 5.74) is 0. The van der Waals surface area contributed by atoms with Gasteiger partial charge < -0.3 is 0 Å². The van der Waals surface area contributed by atoms with E-state index in [1.54, 1.807) is 8.58 Å². The third-order valence-electron chi connectivity index (χ3n) is 3.09. The lowest BCUT2D eigenvalue weighted by atomic mass is 10.1. The van der Waals surface area contributed by atoms with Crippen LogP contribution >= 0.6 is 8.58 Å². The molecular weight excluding hydrogens is 211 g/mol. The van der Waals surface area contributed by atoms with Crippen LogP contribution in [0.5, 0.6) is 0 Å². The maximum Gasteiger partial charge on any atom is -0.0287 e. The zero-order chi connectivity index (χ0) is 11.9. The van der Waals surface area contributed by atoms with Crippen molar-refractivity contribution in [2.45, 2.75) is 84.5 Å². The molecule has 0 aliphatic heterocycles. The summed E-state index contributed by atoms with van der Waals surface area (Å²) in [6.07, 6.45) is 18.8. The first-order chi connectivity index (χ1) is 7.91. The van der Waals surface area contributed by atoms with Crippen LogP contribution in [0, 0.1) is 0 Å². The Kier molecular flexibility index (Phi) is 15.8. The molecular formula is C15H32P. The first-order valence-electron chi connectivity index (χ1n) is 7.55. The second-order valence-electron chi connectivity index (χ2n) is 4.85. The van der Waals surface area contributed by atoms with Crippen LogP contribution in [0.2, 0.25) is 0 Å². The smallest absolute Gasteiger partial charge is 0.0287 e. The van der Waals surface area contributed by atoms with Gasteiger partial charge in [0.15, 0.2) is 0 Å². The predicted molar refractivity (Wildman–Crippen MR) is 78.8 cm³/mol. The molecule has 0 saturated carbocycles. The number of unbranched alkanes of at least 4 members (excludes halogenated alkanes) is 9. The van der Waals surface area contributed by atoms with E-state index in [2.05, 4.69) is 13.8 Å². The van der Waals surface area contributed by atoms with Crippen molar-refractivity contribution in [2.75, 3.05) is 12.3 Å². The Labute approximate surface area is 106 Å². The summed E-state index contributed by atoms with van der Waals surface area (Å²) < 4.78 is 0. The Morgan fingerprint density at radius 1 is 0.500 bits per heavy atom. The molecule has 0 bridgehead atoms. The van der Waals surface area contributed by atoms with E-state index in [9.17, 15) is 0 Å². The number of rotatable bonds is 13. The second kappa shape index (κ2) is 15.4. The van der Waals surface area contributed by atoms with Gasteiger partial charge >= 0.3 is 0 Å². The van der Waals surface area contributed by atoms with Gasteiger partial charge in [-0.15, -0.1) is 0 Å². The van der Waals surface area contributed by atoms with Crippen molar-refractivity contribution in [3.05, 3.63) is 0 Å². The van der Waals surface area contributed by atoms with E-state index in [0.717, 1.165) is 0 Å². The Balaban J connectivity index is 2.83. The van der Waals surface area contributed by atoms with Gasteiger partial charge in [0, 0.05) is 0 Å². The van der Waals surface area contributed by atoms with Crippen LogP contribution in [0.25, 0.3) is 0 Å². The highest BCUT2D eigenvalue weighted by molar-refractivity contribution is 7.37. The van der Waals surface area contributed by atoms with E-state index in [0.29, 0.717) is 0 Å². The summed E-state index contributed by atoms with van der Waals surface area (Å²) >= 11 is 0. The highest BCUT2D eigenvalue weighted by Gasteiger charge is 1.93. The van der Waals surface area contributed by atoms with E-state index >= 15 is 0 Å². The van der Waals surface area contributed by atoms with Gasteiger partial charge in [-0.3, -0.25) is 0 Å². The molecule has 16 heavy (non-hydrogen) atoms. The molecule has 0 aromatic heterocycles. The van der Waals surface area contributed by atoms with Gasteiger partial charge in [-0.1, -0.05) is 80.2 Å². The Morgan fingerprint density at radius 2 is 0.875 bits per heavy atom. The molecule has 0 aliphatic rings. The van der Waals surface area contributed by atoms with Crippen LogP contribution in [-0.2, 0) is 0 Å². The van der Waals surface area contributed by atoms with Crippen LogP contribution in [0.4, 0.5) is 0 Å². The zero-order valence-corrected chi connectivity index (χ0v) is 12.5. The van der Waals surface area contributed by atoms with Gasteiger partial charge in [0.05, 0.1) is 0 Å². The van der Waals surface area contributed by atoms with Crippen LogP contribution < -0.4 is 0 Å². The van der Waals surface area contributed by atoms with Crippen LogP contribution in [0.15, 0.2) is 0 Å². The van der Waals surface area contributed by atoms with Crippen molar-refractivity contribution < 1.29 is 0 Å². The maximum absolute atomic E-state index is 2.29. The largest absolute Gasteiger partial charge is 0.0810 e. The summed E-state index contributed by atoms with van der Waals surface area (Å²) in [4.78, 5) is 0. The lowest BCUT2D eigenvalue weighted by Gasteiger charge is -2.02. The molecule has 0 N–H and O–H groups in total. The molecule has 0 aromatic rings. The molecule has 0 aromatic carbocycles. The lowest BCUT2D eigenvalue weighted by Crippen LogP contribution is -1.84. The fourth-order valence-corrected chi connectivity index (χ4v) is 3.06. The molecule has 0 fully saturated rings.